The van der Waals surface area contributed by atoms with Crippen molar-refractivity contribution >= 4 is 11.3 Å². The number of aromatic nitrogens is 1. The molecule has 0 aromatic carbocycles. The lowest BCUT2D eigenvalue weighted by molar-refractivity contribution is 0.100. The van der Waals surface area contributed by atoms with Gasteiger partial charge in [-0.15, -0.1) is 11.3 Å². The number of aliphatic hydroxyl groups is 1. The van der Waals surface area contributed by atoms with Crippen molar-refractivity contribution in [3.05, 3.63) is 29.6 Å². The molecule has 1 saturated carbocycles. The quantitative estimate of drug-likeness (QED) is 0.882. The molecular formula is C14H18N2O2S. The molecule has 0 saturated heterocycles. The SMILES string of the molecule is CN(Cc1ncc(-c2cccs2)o1)CC(O)C1CC1. The summed E-state index contributed by atoms with van der Waals surface area (Å²) in [5, 5.41) is 11.9. The molecule has 0 radical (unpaired) electrons. The highest BCUT2D eigenvalue weighted by Gasteiger charge is 2.30. The number of oxazole rings is 1. The maximum atomic E-state index is 9.90. The van der Waals surface area contributed by atoms with Gasteiger partial charge in [-0.3, -0.25) is 4.90 Å². The van der Waals surface area contributed by atoms with Crippen LogP contribution in [0, 0.1) is 5.92 Å². The molecule has 1 aliphatic carbocycles. The van der Waals surface area contributed by atoms with Crippen LogP contribution >= 0.6 is 11.3 Å². The summed E-state index contributed by atoms with van der Waals surface area (Å²) in [5.74, 6) is 2.03. The normalized spacial score (nSPS) is 17.0. The van der Waals surface area contributed by atoms with Crippen molar-refractivity contribution in [3.63, 3.8) is 0 Å². The molecule has 1 unspecified atom stereocenters. The molecule has 4 nitrogen and oxygen atoms in total. The predicted octanol–water partition coefficient (Wildman–Crippen LogP) is 2.61. The number of nitrogens with zero attached hydrogens (tertiary/aromatic N) is 2. The first-order chi connectivity index (χ1) is 9.22. The number of aliphatic hydroxyl groups excluding tert-OH is 1. The smallest absolute Gasteiger partial charge is 0.209 e. The topological polar surface area (TPSA) is 49.5 Å². The molecule has 1 atom stereocenters. The Bertz CT molecular complexity index is 519. The summed E-state index contributed by atoms with van der Waals surface area (Å²) in [6.45, 7) is 1.32. The van der Waals surface area contributed by atoms with Gasteiger partial charge < -0.3 is 9.52 Å². The largest absolute Gasteiger partial charge is 0.438 e. The molecule has 1 fully saturated rings. The Morgan fingerprint density at radius 2 is 2.42 bits per heavy atom. The summed E-state index contributed by atoms with van der Waals surface area (Å²) in [7, 11) is 1.99. The summed E-state index contributed by atoms with van der Waals surface area (Å²) < 4.78 is 5.73. The van der Waals surface area contributed by atoms with E-state index in [1.165, 1.54) is 0 Å². The van der Waals surface area contributed by atoms with Gasteiger partial charge in [-0.05, 0) is 37.3 Å². The van der Waals surface area contributed by atoms with E-state index < -0.39 is 0 Å². The molecule has 1 N–H and O–H groups in total. The van der Waals surface area contributed by atoms with Crippen molar-refractivity contribution in [3.8, 4) is 10.6 Å². The van der Waals surface area contributed by atoms with Crippen LogP contribution in [0.15, 0.2) is 28.1 Å². The van der Waals surface area contributed by atoms with E-state index in [1.54, 1.807) is 17.5 Å². The first kappa shape index (κ1) is 12.8. The second-order valence-corrected chi connectivity index (χ2v) is 6.14. The highest BCUT2D eigenvalue weighted by molar-refractivity contribution is 7.13. The van der Waals surface area contributed by atoms with Crippen molar-refractivity contribution in [2.24, 2.45) is 5.92 Å². The molecule has 0 amide bonds. The molecule has 1 aliphatic rings. The second kappa shape index (κ2) is 5.45. The minimum Gasteiger partial charge on any atom is -0.438 e. The molecular weight excluding hydrogens is 260 g/mol. The van der Waals surface area contributed by atoms with Crippen molar-refractivity contribution in [2.45, 2.75) is 25.5 Å². The lowest BCUT2D eigenvalue weighted by Gasteiger charge is -2.18. The Kier molecular flexibility index (Phi) is 3.68. The first-order valence-electron chi connectivity index (χ1n) is 6.57. The molecule has 102 valence electrons. The van der Waals surface area contributed by atoms with Crippen LogP contribution in [-0.2, 0) is 6.54 Å². The number of hydrogen-bond acceptors (Lipinski definition) is 5. The number of hydrogen-bond donors (Lipinski definition) is 1. The number of likely N-dealkylation sites (N-methyl/N-ethyl adjacent to an activating group) is 1. The summed E-state index contributed by atoms with van der Waals surface area (Å²) in [5.41, 5.74) is 0. The van der Waals surface area contributed by atoms with Gasteiger partial charge in [0.1, 0.15) is 0 Å². The van der Waals surface area contributed by atoms with Crippen LogP contribution in [0.3, 0.4) is 0 Å². The number of thiophene rings is 1. The zero-order chi connectivity index (χ0) is 13.2. The predicted molar refractivity (Wildman–Crippen MR) is 74.9 cm³/mol. The third kappa shape index (κ3) is 3.23. The molecule has 2 aromatic heterocycles. The molecule has 0 aliphatic heterocycles. The standard InChI is InChI=1S/C14H18N2O2S/c1-16(8-11(17)10-4-5-10)9-14-15-7-12(18-14)13-3-2-6-19-13/h2-3,6-7,10-11,17H,4-5,8-9H2,1H3. The molecule has 5 heteroatoms. The van der Waals surface area contributed by atoms with Gasteiger partial charge in [-0.2, -0.15) is 0 Å². The highest BCUT2D eigenvalue weighted by Crippen LogP contribution is 2.33. The third-order valence-corrected chi connectivity index (χ3v) is 4.27. The zero-order valence-corrected chi connectivity index (χ0v) is 11.8. The lowest BCUT2D eigenvalue weighted by Crippen LogP contribution is -2.30. The van der Waals surface area contributed by atoms with Gasteiger partial charge in [0.05, 0.1) is 23.7 Å². The summed E-state index contributed by atoms with van der Waals surface area (Å²) in [4.78, 5) is 7.46. The Hall–Kier alpha value is -1.17. The van der Waals surface area contributed by atoms with Crippen LogP contribution in [0.4, 0.5) is 0 Å². The minimum atomic E-state index is -0.211. The first-order valence-corrected chi connectivity index (χ1v) is 7.45. The van der Waals surface area contributed by atoms with Crippen LogP contribution in [0.25, 0.3) is 10.6 Å². The minimum absolute atomic E-state index is 0.211. The molecule has 19 heavy (non-hydrogen) atoms. The summed E-state index contributed by atoms with van der Waals surface area (Å²) in [6, 6.07) is 4.02. The average molecular weight is 278 g/mol. The van der Waals surface area contributed by atoms with Crippen LogP contribution in [0.1, 0.15) is 18.7 Å². The van der Waals surface area contributed by atoms with E-state index in [4.69, 9.17) is 4.42 Å². The number of rotatable bonds is 6. The van der Waals surface area contributed by atoms with E-state index in [2.05, 4.69) is 9.88 Å². The van der Waals surface area contributed by atoms with E-state index in [-0.39, 0.29) is 6.10 Å². The molecule has 2 heterocycles. The van der Waals surface area contributed by atoms with E-state index >= 15 is 0 Å². The summed E-state index contributed by atoms with van der Waals surface area (Å²) >= 11 is 1.64. The molecule has 3 rings (SSSR count). The van der Waals surface area contributed by atoms with Gasteiger partial charge in [0.25, 0.3) is 0 Å². The fourth-order valence-electron chi connectivity index (χ4n) is 2.16. The van der Waals surface area contributed by atoms with E-state index in [0.29, 0.717) is 24.9 Å². The Labute approximate surface area is 116 Å². The van der Waals surface area contributed by atoms with E-state index in [9.17, 15) is 5.11 Å². The van der Waals surface area contributed by atoms with E-state index in [1.807, 2.05) is 24.6 Å². The van der Waals surface area contributed by atoms with Crippen molar-refractivity contribution in [2.75, 3.05) is 13.6 Å². The highest BCUT2D eigenvalue weighted by atomic mass is 32.1. The van der Waals surface area contributed by atoms with Gasteiger partial charge in [0.2, 0.25) is 5.89 Å². The van der Waals surface area contributed by atoms with Crippen molar-refractivity contribution in [1.29, 1.82) is 0 Å². The zero-order valence-electron chi connectivity index (χ0n) is 11.0. The van der Waals surface area contributed by atoms with Crippen molar-refractivity contribution < 1.29 is 9.52 Å². The Morgan fingerprint density at radius 3 is 3.11 bits per heavy atom. The van der Waals surface area contributed by atoms with Gasteiger partial charge in [0, 0.05) is 6.54 Å². The van der Waals surface area contributed by atoms with Gasteiger partial charge in [-0.25, -0.2) is 4.98 Å². The maximum absolute atomic E-state index is 9.90. The Balaban J connectivity index is 1.57. The third-order valence-electron chi connectivity index (χ3n) is 3.39. The monoisotopic (exact) mass is 278 g/mol. The molecule has 0 bridgehead atoms. The van der Waals surface area contributed by atoms with Crippen LogP contribution in [0.2, 0.25) is 0 Å². The fourth-order valence-corrected chi connectivity index (χ4v) is 2.83. The molecule has 2 aromatic rings. The van der Waals surface area contributed by atoms with Crippen molar-refractivity contribution in [1.82, 2.24) is 9.88 Å². The molecule has 0 spiro atoms. The van der Waals surface area contributed by atoms with E-state index in [0.717, 1.165) is 23.5 Å². The summed E-state index contributed by atoms with van der Waals surface area (Å²) in [6.07, 6.45) is 3.89. The van der Waals surface area contributed by atoms with Crippen LogP contribution in [0.5, 0.6) is 0 Å². The average Bonchev–Trinajstić information content (AvgIpc) is 2.89. The maximum Gasteiger partial charge on any atom is 0.209 e. The Morgan fingerprint density at radius 1 is 1.58 bits per heavy atom. The van der Waals surface area contributed by atoms with Gasteiger partial charge >= 0.3 is 0 Å². The van der Waals surface area contributed by atoms with Crippen LogP contribution < -0.4 is 0 Å². The van der Waals surface area contributed by atoms with Gasteiger partial charge in [0.15, 0.2) is 5.76 Å². The second-order valence-electron chi connectivity index (χ2n) is 5.20. The van der Waals surface area contributed by atoms with Crippen LogP contribution in [-0.4, -0.2) is 34.7 Å². The fraction of sp³-hybridized carbons (Fsp3) is 0.500. The van der Waals surface area contributed by atoms with Gasteiger partial charge in [-0.1, -0.05) is 6.07 Å². The lowest BCUT2D eigenvalue weighted by atomic mass is 10.2.